The van der Waals surface area contributed by atoms with E-state index in [1.807, 2.05) is 18.2 Å². The van der Waals surface area contributed by atoms with Crippen LogP contribution < -0.4 is 0 Å². The smallest absolute Gasteiger partial charge is 0.127 e. The summed E-state index contributed by atoms with van der Waals surface area (Å²) >= 11 is 7.80. The van der Waals surface area contributed by atoms with Gasteiger partial charge in [-0.2, -0.15) is 0 Å². The van der Waals surface area contributed by atoms with Gasteiger partial charge >= 0.3 is 0 Å². The molecule has 0 radical (unpaired) electrons. The molecule has 1 aliphatic rings. The molecule has 2 aromatic carbocycles. The van der Waals surface area contributed by atoms with Gasteiger partial charge in [0.2, 0.25) is 0 Å². The van der Waals surface area contributed by atoms with Crippen LogP contribution >= 0.6 is 23.4 Å². The van der Waals surface area contributed by atoms with Crippen LogP contribution in [0.1, 0.15) is 16.7 Å². The van der Waals surface area contributed by atoms with E-state index in [-0.39, 0.29) is 5.82 Å². The molecule has 0 aromatic heterocycles. The Balaban J connectivity index is 2.14. The summed E-state index contributed by atoms with van der Waals surface area (Å²) in [5.74, 6) is 0.539. The van der Waals surface area contributed by atoms with E-state index in [0.717, 1.165) is 27.5 Å². The van der Waals surface area contributed by atoms with Crippen molar-refractivity contribution in [2.75, 3.05) is 0 Å². The Morgan fingerprint density at radius 1 is 1.06 bits per heavy atom. The first-order valence-corrected chi connectivity index (χ1v) is 6.78. The van der Waals surface area contributed by atoms with E-state index in [9.17, 15) is 4.39 Å². The SMILES string of the molecule is Fc1cccc2c1CSc1c(Cl)cccc1C2. The van der Waals surface area contributed by atoms with Crippen molar-refractivity contribution in [3.8, 4) is 0 Å². The number of rotatable bonds is 0. The number of hydrogen-bond acceptors (Lipinski definition) is 1. The summed E-state index contributed by atoms with van der Waals surface area (Å²) < 4.78 is 13.7. The maximum Gasteiger partial charge on any atom is 0.127 e. The van der Waals surface area contributed by atoms with E-state index in [0.29, 0.717) is 5.75 Å². The van der Waals surface area contributed by atoms with Crippen LogP contribution in [0.2, 0.25) is 5.02 Å². The molecule has 0 nitrogen and oxygen atoms in total. The largest absolute Gasteiger partial charge is 0.207 e. The Labute approximate surface area is 109 Å². The van der Waals surface area contributed by atoms with Crippen LogP contribution in [0.5, 0.6) is 0 Å². The topological polar surface area (TPSA) is 0 Å². The van der Waals surface area contributed by atoms with Gasteiger partial charge in [0, 0.05) is 16.2 Å². The summed E-state index contributed by atoms with van der Waals surface area (Å²) in [5, 5.41) is 0.765. The van der Waals surface area contributed by atoms with Gasteiger partial charge in [0.05, 0.1) is 5.02 Å². The van der Waals surface area contributed by atoms with Crippen LogP contribution in [0.15, 0.2) is 41.3 Å². The number of halogens is 2. The van der Waals surface area contributed by atoms with Gasteiger partial charge in [-0.3, -0.25) is 0 Å². The zero-order valence-corrected chi connectivity index (χ0v) is 10.6. The van der Waals surface area contributed by atoms with E-state index in [2.05, 4.69) is 6.07 Å². The molecule has 0 N–H and O–H groups in total. The monoisotopic (exact) mass is 264 g/mol. The van der Waals surface area contributed by atoms with Crippen LogP contribution in [-0.2, 0) is 12.2 Å². The van der Waals surface area contributed by atoms with Crippen molar-refractivity contribution in [3.05, 3.63) is 63.9 Å². The minimum Gasteiger partial charge on any atom is -0.207 e. The first kappa shape index (κ1) is 11.1. The average Bonchev–Trinajstić information content (AvgIpc) is 2.50. The third kappa shape index (κ3) is 1.96. The van der Waals surface area contributed by atoms with Gasteiger partial charge in [0.25, 0.3) is 0 Å². The lowest BCUT2D eigenvalue weighted by Crippen LogP contribution is -1.95. The fraction of sp³-hybridized carbons (Fsp3) is 0.143. The quantitative estimate of drug-likeness (QED) is 0.666. The standard InChI is InChI=1S/C14H10ClFS/c15-12-5-1-4-10-7-9-3-2-6-13(16)11(9)8-17-14(10)12/h1-6H,7-8H2. The molecule has 1 aliphatic heterocycles. The predicted molar refractivity (Wildman–Crippen MR) is 70.2 cm³/mol. The van der Waals surface area contributed by atoms with Crippen LogP contribution in [0.4, 0.5) is 4.39 Å². The second-order valence-electron chi connectivity index (χ2n) is 4.07. The Morgan fingerprint density at radius 2 is 1.82 bits per heavy atom. The lowest BCUT2D eigenvalue weighted by molar-refractivity contribution is 0.615. The van der Waals surface area contributed by atoms with E-state index in [1.165, 1.54) is 11.6 Å². The van der Waals surface area contributed by atoms with E-state index in [4.69, 9.17) is 11.6 Å². The summed E-state index contributed by atoms with van der Waals surface area (Å²) in [6.45, 7) is 0. The van der Waals surface area contributed by atoms with Crippen molar-refractivity contribution in [2.45, 2.75) is 17.1 Å². The average molecular weight is 265 g/mol. The molecule has 0 saturated carbocycles. The highest BCUT2D eigenvalue weighted by atomic mass is 35.5. The predicted octanol–water partition coefficient (Wildman–Crippen LogP) is 4.68. The first-order chi connectivity index (χ1) is 8.25. The summed E-state index contributed by atoms with van der Waals surface area (Å²) in [5.41, 5.74) is 3.06. The van der Waals surface area contributed by atoms with Gasteiger partial charge in [-0.15, -0.1) is 11.8 Å². The van der Waals surface area contributed by atoms with Crippen molar-refractivity contribution < 1.29 is 4.39 Å². The van der Waals surface area contributed by atoms with Gasteiger partial charge in [-0.25, -0.2) is 4.39 Å². The van der Waals surface area contributed by atoms with Gasteiger partial charge < -0.3 is 0 Å². The van der Waals surface area contributed by atoms with Crippen LogP contribution in [-0.4, -0.2) is 0 Å². The highest BCUT2D eigenvalue weighted by Crippen LogP contribution is 2.38. The molecule has 2 aromatic rings. The van der Waals surface area contributed by atoms with E-state index in [1.54, 1.807) is 17.8 Å². The Bertz CT molecular complexity index is 529. The van der Waals surface area contributed by atoms with Gasteiger partial charge in [-0.1, -0.05) is 35.9 Å². The highest BCUT2D eigenvalue weighted by molar-refractivity contribution is 7.98. The van der Waals surface area contributed by atoms with Gasteiger partial charge in [0.15, 0.2) is 0 Å². The lowest BCUT2D eigenvalue weighted by atomic mass is 10.0. The molecule has 17 heavy (non-hydrogen) atoms. The maximum absolute atomic E-state index is 13.7. The zero-order chi connectivity index (χ0) is 11.8. The zero-order valence-electron chi connectivity index (χ0n) is 9.04. The highest BCUT2D eigenvalue weighted by Gasteiger charge is 2.17. The summed E-state index contributed by atoms with van der Waals surface area (Å²) in [6.07, 6.45) is 0.760. The Hall–Kier alpha value is -0.990. The third-order valence-electron chi connectivity index (χ3n) is 3.01. The third-order valence-corrected chi connectivity index (χ3v) is 4.64. The van der Waals surface area contributed by atoms with E-state index >= 15 is 0 Å². The van der Waals surface area contributed by atoms with Crippen molar-refractivity contribution in [3.63, 3.8) is 0 Å². The lowest BCUT2D eigenvalue weighted by Gasteiger charge is -2.06. The summed E-state index contributed by atoms with van der Waals surface area (Å²) in [4.78, 5) is 1.09. The molecule has 1 heterocycles. The second kappa shape index (κ2) is 4.35. The van der Waals surface area contributed by atoms with Crippen LogP contribution in [0.3, 0.4) is 0 Å². The molecule has 0 unspecified atom stereocenters. The number of benzene rings is 2. The fourth-order valence-corrected chi connectivity index (χ4v) is 3.64. The fourth-order valence-electron chi connectivity index (χ4n) is 2.13. The van der Waals surface area contributed by atoms with Crippen LogP contribution in [0, 0.1) is 5.82 Å². The molecule has 86 valence electrons. The number of thioether (sulfide) groups is 1. The van der Waals surface area contributed by atoms with Crippen molar-refractivity contribution in [1.29, 1.82) is 0 Å². The molecule has 0 saturated heterocycles. The normalized spacial score (nSPS) is 13.8. The first-order valence-electron chi connectivity index (χ1n) is 5.42. The van der Waals surface area contributed by atoms with Gasteiger partial charge in [-0.05, 0) is 29.7 Å². The molecule has 0 amide bonds. The molecule has 0 atom stereocenters. The molecule has 3 heteroatoms. The minimum atomic E-state index is -0.112. The molecule has 0 fully saturated rings. The number of hydrogen-bond donors (Lipinski definition) is 0. The number of fused-ring (bicyclic) bond motifs is 2. The molecule has 3 rings (SSSR count). The molecule has 0 spiro atoms. The van der Waals surface area contributed by atoms with Crippen LogP contribution in [0.25, 0.3) is 0 Å². The molecular formula is C14H10ClFS. The molecular weight excluding hydrogens is 255 g/mol. The van der Waals surface area contributed by atoms with Crippen molar-refractivity contribution in [1.82, 2.24) is 0 Å². The van der Waals surface area contributed by atoms with Crippen molar-refractivity contribution >= 4 is 23.4 Å². The second-order valence-corrected chi connectivity index (χ2v) is 5.46. The van der Waals surface area contributed by atoms with E-state index < -0.39 is 0 Å². The summed E-state index contributed by atoms with van der Waals surface area (Å²) in [7, 11) is 0. The van der Waals surface area contributed by atoms with Crippen molar-refractivity contribution in [2.24, 2.45) is 0 Å². The Morgan fingerprint density at radius 3 is 2.71 bits per heavy atom. The summed E-state index contributed by atoms with van der Waals surface area (Å²) in [6, 6.07) is 11.2. The Kier molecular flexibility index (Phi) is 2.85. The molecule has 0 bridgehead atoms. The van der Waals surface area contributed by atoms with Gasteiger partial charge in [0.1, 0.15) is 5.82 Å². The maximum atomic E-state index is 13.7. The molecule has 0 aliphatic carbocycles. The minimum absolute atomic E-state index is 0.112.